The predicted octanol–water partition coefficient (Wildman–Crippen LogP) is 2.74. The average molecular weight is 424 g/mol. The van der Waals surface area contributed by atoms with Crippen molar-refractivity contribution >= 4 is 21.0 Å². The molecule has 3 atom stereocenters. The van der Waals surface area contributed by atoms with Gasteiger partial charge in [-0.1, -0.05) is 0 Å². The van der Waals surface area contributed by atoms with Crippen LogP contribution in [-0.2, 0) is 16.0 Å². The molecule has 2 fully saturated rings. The Morgan fingerprint density at radius 2 is 1.90 bits per heavy atom. The van der Waals surface area contributed by atoms with Crippen LogP contribution in [0.3, 0.4) is 0 Å². The van der Waals surface area contributed by atoms with Crippen LogP contribution in [0.15, 0.2) is 24.5 Å². The Labute approximate surface area is 163 Å². The minimum Gasteiger partial charge on any atom is -0.507 e. The number of hydrogen-bond donors (Lipinski definition) is 1. The van der Waals surface area contributed by atoms with Crippen LogP contribution in [-0.4, -0.2) is 44.8 Å². The summed E-state index contributed by atoms with van der Waals surface area (Å²) in [5, 5.41) is 14.6. The molecule has 0 amide bonds. The Balaban J connectivity index is 1.50. The molecule has 7 nitrogen and oxygen atoms in total. The van der Waals surface area contributed by atoms with Gasteiger partial charge in [-0.2, -0.15) is 18.3 Å². The molecule has 2 aliphatic rings. The second kappa shape index (κ2) is 5.68. The van der Waals surface area contributed by atoms with E-state index in [-0.39, 0.29) is 51.9 Å². The molecule has 2 aromatic heterocycles. The second-order valence-corrected chi connectivity index (χ2v) is 9.81. The Morgan fingerprint density at radius 1 is 1.21 bits per heavy atom. The van der Waals surface area contributed by atoms with Crippen molar-refractivity contribution in [3.05, 3.63) is 35.7 Å². The van der Waals surface area contributed by atoms with Crippen molar-refractivity contribution in [3.63, 3.8) is 0 Å². The van der Waals surface area contributed by atoms with Gasteiger partial charge in [-0.3, -0.25) is 4.68 Å². The topological polar surface area (TPSA) is 98.0 Å². The highest BCUT2D eigenvalue weighted by Gasteiger charge is 2.60. The molecule has 0 radical (unpaired) electrons. The number of phenols is 1. The number of rotatable bonds is 2. The number of benzene rings is 1. The van der Waals surface area contributed by atoms with Gasteiger partial charge in [-0.25, -0.2) is 18.4 Å². The zero-order valence-corrected chi connectivity index (χ0v) is 15.9. The number of nitrogens with zero attached hydrogens (tertiary/aromatic N) is 4. The molecule has 1 aliphatic carbocycles. The quantitative estimate of drug-likeness (QED) is 0.679. The van der Waals surface area contributed by atoms with E-state index in [1.54, 1.807) is 10.9 Å². The molecular formula is C18H15F3N4O3S. The first-order valence-electron chi connectivity index (χ1n) is 8.87. The third-order valence-corrected chi connectivity index (χ3v) is 7.41. The molecule has 1 N–H and O–H groups in total. The number of aromatic hydroxyl groups is 1. The van der Waals surface area contributed by atoms with Crippen LogP contribution in [0, 0.1) is 18.8 Å². The molecule has 3 heterocycles. The number of phenolic OH excluding ortho intramolecular Hbond substituents is 1. The Hall–Kier alpha value is -2.69. The maximum absolute atomic E-state index is 12.9. The smallest absolute Gasteiger partial charge is 0.416 e. The highest BCUT2D eigenvalue weighted by molar-refractivity contribution is 7.91. The number of halogens is 3. The van der Waals surface area contributed by atoms with Gasteiger partial charge in [0.2, 0.25) is 0 Å². The molecule has 1 aromatic carbocycles. The normalized spacial score (nSPS) is 25.3. The summed E-state index contributed by atoms with van der Waals surface area (Å²) < 4.78 is 63.7. The Morgan fingerprint density at radius 3 is 2.52 bits per heavy atom. The van der Waals surface area contributed by atoms with Gasteiger partial charge in [0.1, 0.15) is 11.3 Å². The molecular weight excluding hydrogens is 409 g/mol. The van der Waals surface area contributed by atoms with Gasteiger partial charge in [-0.05, 0) is 24.6 Å². The summed E-state index contributed by atoms with van der Waals surface area (Å²) in [5.41, 5.74) is 0.429. The molecule has 5 rings (SSSR count). The highest BCUT2D eigenvalue weighted by atomic mass is 32.2. The summed E-state index contributed by atoms with van der Waals surface area (Å²) in [6, 6.07) is 1.61. The van der Waals surface area contributed by atoms with E-state index in [2.05, 4.69) is 15.1 Å². The van der Waals surface area contributed by atoms with Crippen molar-refractivity contribution in [2.24, 2.45) is 11.8 Å². The lowest BCUT2D eigenvalue weighted by Crippen LogP contribution is -2.12. The van der Waals surface area contributed by atoms with E-state index in [0.717, 1.165) is 6.07 Å². The Bertz CT molecular complexity index is 1230. The third-order valence-electron chi connectivity index (χ3n) is 5.63. The van der Waals surface area contributed by atoms with Crippen LogP contribution in [0.25, 0.3) is 22.4 Å². The molecule has 0 bridgehead atoms. The maximum Gasteiger partial charge on any atom is 0.416 e. The molecule has 1 saturated carbocycles. The fraction of sp³-hybridized carbons (Fsp3) is 0.389. The summed E-state index contributed by atoms with van der Waals surface area (Å²) >= 11 is 0. The first kappa shape index (κ1) is 18.3. The molecule has 1 saturated heterocycles. The monoisotopic (exact) mass is 424 g/mol. The van der Waals surface area contributed by atoms with E-state index >= 15 is 0 Å². The van der Waals surface area contributed by atoms with E-state index in [1.807, 2.05) is 0 Å². The lowest BCUT2D eigenvalue weighted by atomic mass is 10.0. The fourth-order valence-corrected chi connectivity index (χ4v) is 6.47. The third kappa shape index (κ3) is 2.95. The van der Waals surface area contributed by atoms with Crippen LogP contribution >= 0.6 is 0 Å². The van der Waals surface area contributed by atoms with Gasteiger partial charge in [0, 0.05) is 17.4 Å². The van der Waals surface area contributed by atoms with Crippen molar-refractivity contribution < 1.29 is 26.7 Å². The van der Waals surface area contributed by atoms with Crippen LogP contribution in [0.1, 0.15) is 17.2 Å². The van der Waals surface area contributed by atoms with Gasteiger partial charge in [-0.15, -0.1) is 0 Å². The zero-order valence-electron chi connectivity index (χ0n) is 15.1. The van der Waals surface area contributed by atoms with Crippen molar-refractivity contribution in [3.8, 4) is 17.0 Å². The number of hydrogen-bond acceptors (Lipinski definition) is 6. The summed E-state index contributed by atoms with van der Waals surface area (Å²) in [4.78, 5) is 8.63. The first-order chi connectivity index (χ1) is 13.5. The van der Waals surface area contributed by atoms with Crippen LogP contribution in [0.4, 0.5) is 13.2 Å². The van der Waals surface area contributed by atoms with Gasteiger partial charge in [0.05, 0.1) is 41.2 Å². The molecule has 3 aromatic rings. The largest absolute Gasteiger partial charge is 0.507 e. The lowest BCUT2D eigenvalue weighted by molar-refractivity contribution is -0.137. The Kier molecular flexibility index (Phi) is 3.59. The summed E-state index contributed by atoms with van der Waals surface area (Å²) in [6.45, 7) is 1.46. The molecule has 29 heavy (non-hydrogen) atoms. The first-order valence-corrected chi connectivity index (χ1v) is 10.7. The standard InChI is InChI=1S/C18H15F3N4O3S/c1-8-2-9(18(19,20)21)3-14(26)15(8)12-4-22-13-5-25(24-17(13)23-12)16-10-6-29(27,28)7-11(10)16/h2-5,10-11,16,26H,6-7H2,1H3/t10-,11+,16?. The molecule has 0 spiro atoms. The lowest BCUT2D eigenvalue weighted by Gasteiger charge is -2.12. The fourth-order valence-electron chi connectivity index (χ4n) is 4.27. The summed E-state index contributed by atoms with van der Waals surface area (Å²) in [7, 11) is -2.96. The van der Waals surface area contributed by atoms with Crippen molar-refractivity contribution in [2.75, 3.05) is 11.5 Å². The predicted molar refractivity (Wildman–Crippen MR) is 96.8 cm³/mol. The van der Waals surface area contributed by atoms with Crippen LogP contribution < -0.4 is 0 Å². The second-order valence-electron chi connectivity index (χ2n) is 7.65. The number of aryl methyl sites for hydroxylation is 1. The number of fused-ring (bicyclic) bond motifs is 2. The van der Waals surface area contributed by atoms with Crippen LogP contribution in [0.2, 0.25) is 0 Å². The van der Waals surface area contributed by atoms with Crippen molar-refractivity contribution in [1.29, 1.82) is 0 Å². The van der Waals surface area contributed by atoms with Gasteiger partial charge < -0.3 is 5.11 Å². The minimum absolute atomic E-state index is 0.000757. The zero-order chi connectivity index (χ0) is 20.7. The number of aromatic nitrogens is 4. The maximum atomic E-state index is 12.9. The molecule has 1 aliphatic heterocycles. The number of sulfone groups is 1. The van der Waals surface area contributed by atoms with E-state index in [9.17, 15) is 26.7 Å². The molecule has 1 unspecified atom stereocenters. The van der Waals surface area contributed by atoms with Crippen molar-refractivity contribution in [2.45, 2.75) is 19.1 Å². The van der Waals surface area contributed by atoms with E-state index in [4.69, 9.17) is 0 Å². The minimum atomic E-state index is -4.56. The highest BCUT2D eigenvalue weighted by Crippen LogP contribution is 2.56. The van der Waals surface area contributed by atoms with Gasteiger partial charge in [0.15, 0.2) is 15.5 Å². The summed E-state index contributed by atoms with van der Waals surface area (Å²) in [5.74, 6) is -0.121. The molecule has 152 valence electrons. The molecule has 11 heteroatoms. The van der Waals surface area contributed by atoms with Gasteiger partial charge in [0.25, 0.3) is 0 Å². The number of alkyl halides is 3. The van der Waals surface area contributed by atoms with E-state index in [1.165, 1.54) is 13.1 Å². The van der Waals surface area contributed by atoms with Gasteiger partial charge >= 0.3 is 6.18 Å². The van der Waals surface area contributed by atoms with Crippen LogP contribution in [0.5, 0.6) is 5.75 Å². The van der Waals surface area contributed by atoms with Crippen molar-refractivity contribution in [1.82, 2.24) is 19.7 Å². The SMILES string of the molecule is Cc1cc(C(F)(F)F)cc(O)c1-c1cnc2cn(C3[C@H]4CS(=O)(=O)C[C@@H]34)nc2n1. The average Bonchev–Trinajstić information content (AvgIpc) is 2.96. The van der Waals surface area contributed by atoms with E-state index < -0.39 is 27.3 Å². The van der Waals surface area contributed by atoms with E-state index in [0.29, 0.717) is 11.6 Å². The summed E-state index contributed by atoms with van der Waals surface area (Å²) in [6.07, 6.45) is -1.49.